The van der Waals surface area contributed by atoms with Gasteiger partial charge in [0.2, 0.25) is 0 Å². The van der Waals surface area contributed by atoms with Crippen LogP contribution in [0.15, 0.2) is 66.7 Å². The zero-order valence-corrected chi connectivity index (χ0v) is 21.4. The Morgan fingerprint density at radius 2 is 1.55 bits per heavy atom. The number of methoxy groups -OCH3 is 2. The second-order valence-electron chi connectivity index (χ2n) is 8.95. The van der Waals surface area contributed by atoms with Crippen molar-refractivity contribution in [3.05, 3.63) is 101 Å². The number of benzene rings is 3. The molecule has 9 heteroatoms. The Balaban J connectivity index is 1.42. The maximum atomic E-state index is 14.1. The fourth-order valence-corrected chi connectivity index (χ4v) is 4.38. The molecule has 1 aliphatic heterocycles. The number of esters is 1. The first-order valence-corrected chi connectivity index (χ1v) is 12.3. The molecule has 0 N–H and O–H groups in total. The lowest BCUT2D eigenvalue weighted by atomic mass is 10.1. The summed E-state index contributed by atoms with van der Waals surface area (Å²) < 4.78 is 44.7. The predicted octanol–water partition coefficient (Wildman–Crippen LogP) is 4.48. The standard InChI is InChI=1S/C29H30F2N2O5/c1-36-23-6-3-5-22(17-23)26(38-19-20-9-11-21(12-10-20)29(35)37-2)18-32-13-15-33(16-14-32)28(34)27-24(30)7-4-8-25(27)31/h3-12,17,26H,13-16,18-19H2,1-2H3/t26-/m1/s1. The molecule has 1 amide bonds. The molecule has 3 aromatic carbocycles. The van der Waals surface area contributed by atoms with Gasteiger partial charge >= 0.3 is 5.97 Å². The van der Waals surface area contributed by atoms with Crippen molar-refractivity contribution in [3.63, 3.8) is 0 Å². The third-order valence-corrected chi connectivity index (χ3v) is 6.55. The van der Waals surface area contributed by atoms with Crippen molar-refractivity contribution in [2.45, 2.75) is 12.7 Å². The highest BCUT2D eigenvalue weighted by Crippen LogP contribution is 2.25. The molecule has 3 aromatic rings. The molecule has 1 atom stereocenters. The third-order valence-electron chi connectivity index (χ3n) is 6.55. The summed E-state index contributed by atoms with van der Waals surface area (Å²) in [7, 11) is 2.94. The largest absolute Gasteiger partial charge is 0.497 e. The Morgan fingerprint density at radius 1 is 0.895 bits per heavy atom. The lowest BCUT2D eigenvalue weighted by molar-refractivity contribution is 0.00322. The molecule has 0 saturated carbocycles. The lowest BCUT2D eigenvalue weighted by Gasteiger charge is -2.36. The summed E-state index contributed by atoms with van der Waals surface area (Å²) in [5.41, 5.74) is 1.77. The maximum absolute atomic E-state index is 14.1. The Hall–Kier alpha value is -3.82. The number of carbonyl (C=O) groups is 2. The Labute approximate surface area is 220 Å². The van der Waals surface area contributed by atoms with Gasteiger partial charge in [-0.05, 0) is 47.5 Å². The van der Waals surface area contributed by atoms with Gasteiger partial charge in [0.1, 0.15) is 22.9 Å². The van der Waals surface area contributed by atoms with Crippen LogP contribution < -0.4 is 4.74 Å². The van der Waals surface area contributed by atoms with Crippen LogP contribution in [0.4, 0.5) is 8.78 Å². The van der Waals surface area contributed by atoms with Gasteiger partial charge in [0.05, 0.1) is 32.5 Å². The van der Waals surface area contributed by atoms with Crippen molar-refractivity contribution in [1.29, 1.82) is 0 Å². The first-order valence-electron chi connectivity index (χ1n) is 12.3. The average Bonchev–Trinajstić information content (AvgIpc) is 2.95. The maximum Gasteiger partial charge on any atom is 0.337 e. The molecule has 0 aliphatic carbocycles. The molecular weight excluding hydrogens is 494 g/mol. The molecule has 1 fully saturated rings. The highest BCUT2D eigenvalue weighted by Gasteiger charge is 2.28. The lowest BCUT2D eigenvalue weighted by Crippen LogP contribution is -2.50. The van der Waals surface area contributed by atoms with Gasteiger partial charge < -0.3 is 19.1 Å². The normalized spacial score (nSPS) is 14.7. The van der Waals surface area contributed by atoms with E-state index in [-0.39, 0.29) is 6.10 Å². The minimum atomic E-state index is -0.858. The Kier molecular flexibility index (Phi) is 9.04. The zero-order chi connectivity index (χ0) is 27.1. The van der Waals surface area contributed by atoms with Crippen LogP contribution in [0, 0.1) is 11.6 Å². The molecule has 0 radical (unpaired) electrons. The molecular formula is C29H30F2N2O5. The molecule has 1 aliphatic rings. The van der Waals surface area contributed by atoms with E-state index in [4.69, 9.17) is 14.2 Å². The number of rotatable bonds is 9. The molecule has 200 valence electrons. The zero-order valence-electron chi connectivity index (χ0n) is 21.4. The third kappa shape index (κ3) is 6.54. The quantitative estimate of drug-likeness (QED) is 0.385. The van der Waals surface area contributed by atoms with Crippen molar-refractivity contribution in [3.8, 4) is 5.75 Å². The smallest absolute Gasteiger partial charge is 0.337 e. The summed E-state index contributed by atoms with van der Waals surface area (Å²) in [6.45, 7) is 2.59. The first-order chi connectivity index (χ1) is 18.4. The molecule has 0 unspecified atom stereocenters. The second kappa shape index (κ2) is 12.6. The Bertz CT molecular complexity index is 1240. The average molecular weight is 525 g/mol. The minimum absolute atomic E-state index is 0.309. The number of carbonyl (C=O) groups excluding carboxylic acids is 2. The van der Waals surface area contributed by atoms with Gasteiger partial charge in [0, 0.05) is 32.7 Å². The monoisotopic (exact) mass is 524 g/mol. The molecule has 38 heavy (non-hydrogen) atoms. The topological polar surface area (TPSA) is 68.3 Å². The van der Waals surface area contributed by atoms with Crippen LogP contribution in [0.1, 0.15) is 37.9 Å². The number of piperazine rings is 1. The first kappa shape index (κ1) is 27.2. The fraction of sp³-hybridized carbons (Fsp3) is 0.310. The summed E-state index contributed by atoms with van der Waals surface area (Å²) in [4.78, 5) is 28.1. The molecule has 1 heterocycles. The van der Waals surface area contributed by atoms with Gasteiger partial charge in [-0.1, -0.05) is 30.3 Å². The van der Waals surface area contributed by atoms with Crippen molar-refractivity contribution in [1.82, 2.24) is 9.80 Å². The van der Waals surface area contributed by atoms with Crippen LogP contribution in [-0.2, 0) is 16.1 Å². The molecule has 7 nitrogen and oxygen atoms in total. The minimum Gasteiger partial charge on any atom is -0.497 e. The number of nitrogens with zero attached hydrogens (tertiary/aromatic N) is 2. The van der Waals surface area contributed by atoms with E-state index in [9.17, 15) is 18.4 Å². The molecule has 4 rings (SSSR count). The van der Waals surface area contributed by atoms with E-state index in [2.05, 4.69) is 4.90 Å². The number of amides is 1. The van der Waals surface area contributed by atoms with E-state index in [0.29, 0.717) is 50.6 Å². The van der Waals surface area contributed by atoms with Gasteiger partial charge in [0.15, 0.2) is 0 Å². The summed E-state index contributed by atoms with van der Waals surface area (Å²) in [5, 5.41) is 0. The van der Waals surface area contributed by atoms with Crippen LogP contribution in [0.25, 0.3) is 0 Å². The molecule has 0 aromatic heterocycles. The SMILES string of the molecule is COC(=O)c1ccc(CO[C@H](CN2CCN(C(=O)c3c(F)cccc3F)CC2)c2cccc(OC)c2)cc1. The van der Waals surface area contributed by atoms with Gasteiger partial charge in [-0.15, -0.1) is 0 Å². The van der Waals surface area contributed by atoms with E-state index in [1.807, 2.05) is 36.4 Å². The van der Waals surface area contributed by atoms with E-state index < -0.39 is 29.1 Å². The highest BCUT2D eigenvalue weighted by atomic mass is 19.1. The number of halogens is 2. The van der Waals surface area contributed by atoms with Gasteiger partial charge in [-0.3, -0.25) is 9.69 Å². The summed E-state index contributed by atoms with van der Waals surface area (Å²) in [5.74, 6) is -2.05. The van der Waals surface area contributed by atoms with Gasteiger partial charge in [-0.2, -0.15) is 0 Å². The summed E-state index contributed by atoms with van der Waals surface area (Å²) in [6, 6.07) is 18.1. The van der Waals surface area contributed by atoms with Crippen LogP contribution in [0.5, 0.6) is 5.75 Å². The van der Waals surface area contributed by atoms with Crippen molar-refractivity contribution in [2.75, 3.05) is 46.9 Å². The second-order valence-corrected chi connectivity index (χ2v) is 8.95. The molecule has 1 saturated heterocycles. The van der Waals surface area contributed by atoms with E-state index >= 15 is 0 Å². The van der Waals surface area contributed by atoms with Crippen molar-refractivity contribution in [2.24, 2.45) is 0 Å². The van der Waals surface area contributed by atoms with Crippen LogP contribution in [-0.4, -0.2) is 68.6 Å². The predicted molar refractivity (Wildman–Crippen MR) is 137 cm³/mol. The molecule has 0 spiro atoms. The summed E-state index contributed by atoms with van der Waals surface area (Å²) >= 11 is 0. The summed E-state index contributed by atoms with van der Waals surface area (Å²) in [6.07, 6.45) is -0.309. The number of hydrogen-bond acceptors (Lipinski definition) is 6. The van der Waals surface area contributed by atoms with Crippen LogP contribution in [0.3, 0.4) is 0 Å². The van der Waals surface area contributed by atoms with Gasteiger partial charge in [0.25, 0.3) is 5.91 Å². The Morgan fingerprint density at radius 3 is 2.18 bits per heavy atom. The van der Waals surface area contributed by atoms with E-state index in [1.165, 1.54) is 18.1 Å². The highest BCUT2D eigenvalue weighted by molar-refractivity contribution is 5.94. The van der Waals surface area contributed by atoms with Crippen LogP contribution in [0.2, 0.25) is 0 Å². The fourth-order valence-electron chi connectivity index (χ4n) is 4.38. The molecule has 0 bridgehead atoms. The number of hydrogen-bond donors (Lipinski definition) is 0. The van der Waals surface area contributed by atoms with Crippen LogP contribution >= 0.6 is 0 Å². The van der Waals surface area contributed by atoms with Crippen molar-refractivity contribution >= 4 is 11.9 Å². The van der Waals surface area contributed by atoms with E-state index in [0.717, 1.165) is 23.3 Å². The van der Waals surface area contributed by atoms with Crippen molar-refractivity contribution < 1.29 is 32.6 Å². The van der Waals surface area contributed by atoms with Gasteiger partial charge in [-0.25, -0.2) is 13.6 Å². The number of ether oxygens (including phenoxy) is 3. The van der Waals surface area contributed by atoms with E-state index in [1.54, 1.807) is 19.2 Å².